The number of nitrogens with one attached hydrogen (secondary N) is 2. The van der Waals surface area contributed by atoms with E-state index in [2.05, 4.69) is 10.6 Å². The minimum absolute atomic E-state index is 0.00363. The van der Waals surface area contributed by atoms with E-state index in [-0.39, 0.29) is 24.5 Å². The van der Waals surface area contributed by atoms with Crippen molar-refractivity contribution < 1.29 is 29.4 Å². The number of rotatable bonds is 15. The molecule has 3 amide bonds. The van der Waals surface area contributed by atoms with Gasteiger partial charge in [0.15, 0.2) is 0 Å². The first kappa shape index (κ1) is 30.4. The molecule has 4 unspecified atom stereocenters. The Balaban J connectivity index is 2.09. The van der Waals surface area contributed by atoms with Gasteiger partial charge in [0.2, 0.25) is 17.7 Å². The second-order valence-corrected chi connectivity index (χ2v) is 10.2. The Kier molecular flexibility index (Phi) is 12.7. The van der Waals surface area contributed by atoms with Gasteiger partial charge in [0.05, 0.1) is 6.04 Å². The Morgan fingerprint density at radius 3 is 2.43 bits per heavy atom. The molecule has 0 aliphatic carbocycles. The number of carboxylic acid groups (broad SMARTS) is 1. The number of carbonyl (C=O) groups excluding carboxylic acids is 3. The fourth-order valence-electron chi connectivity index (χ4n) is 4.25. The van der Waals surface area contributed by atoms with Gasteiger partial charge in [-0.05, 0) is 74.8 Å². The number of unbranched alkanes of at least 4 members (excludes halogenated alkanes) is 1. The molecule has 1 heterocycles. The number of hydrogen-bond acceptors (Lipinski definition) is 8. The van der Waals surface area contributed by atoms with Crippen molar-refractivity contribution >= 4 is 35.5 Å². The SMILES string of the molecule is CSCCC(N)C(=O)N1CCCC1C(=O)NC(CCCCN)C(=O)NC(Cc1ccc(O)cc1)C(=O)O. The van der Waals surface area contributed by atoms with Crippen LogP contribution in [0.25, 0.3) is 0 Å². The zero-order chi connectivity index (χ0) is 27.4. The van der Waals surface area contributed by atoms with E-state index in [0.29, 0.717) is 50.8 Å². The van der Waals surface area contributed by atoms with Gasteiger partial charge in [-0.1, -0.05) is 12.1 Å². The average molecular weight is 538 g/mol. The summed E-state index contributed by atoms with van der Waals surface area (Å²) in [7, 11) is 0. The maximum atomic E-state index is 13.2. The molecular formula is C25H39N5O6S. The van der Waals surface area contributed by atoms with Crippen LogP contribution in [0.2, 0.25) is 0 Å². The second-order valence-electron chi connectivity index (χ2n) is 9.19. The summed E-state index contributed by atoms with van der Waals surface area (Å²) in [6.07, 6.45) is 5.01. The number of phenolic OH excluding ortho intramolecular Hbond substituents is 1. The Bertz CT molecular complexity index is 915. The lowest BCUT2D eigenvalue weighted by atomic mass is 10.0. The smallest absolute Gasteiger partial charge is 0.326 e. The van der Waals surface area contributed by atoms with Crippen molar-refractivity contribution in [3.63, 3.8) is 0 Å². The molecule has 4 atom stereocenters. The third kappa shape index (κ3) is 9.52. The average Bonchev–Trinajstić information content (AvgIpc) is 3.37. The van der Waals surface area contributed by atoms with E-state index in [0.717, 1.165) is 5.75 Å². The molecule has 1 aromatic carbocycles. The molecule has 2 rings (SSSR count). The molecule has 1 saturated heterocycles. The van der Waals surface area contributed by atoms with Crippen molar-refractivity contribution in [1.82, 2.24) is 15.5 Å². The number of aromatic hydroxyl groups is 1. The Labute approximate surface area is 221 Å². The van der Waals surface area contributed by atoms with E-state index in [1.165, 1.54) is 17.0 Å². The normalized spacial score (nSPS) is 17.6. The van der Waals surface area contributed by atoms with Crippen LogP contribution in [0.4, 0.5) is 0 Å². The van der Waals surface area contributed by atoms with Gasteiger partial charge in [-0.3, -0.25) is 14.4 Å². The van der Waals surface area contributed by atoms with Crippen LogP contribution in [0.1, 0.15) is 44.1 Å². The molecule has 37 heavy (non-hydrogen) atoms. The maximum absolute atomic E-state index is 13.2. The third-order valence-corrected chi connectivity index (χ3v) is 7.00. The molecule has 1 fully saturated rings. The highest BCUT2D eigenvalue weighted by Gasteiger charge is 2.37. The lowest BCUT2D eigenvalue weighted by molar-refractivity contribution is -0.143. The van der Waals surface area contributed by atoms with Crippen LogP contribution in [0, 0.1) is 0 Å². The van der Waals surface area contributed by atoms with Crippen LogP contribution in [0.3, 0.4) is 0 Å². The fourth-order valence-corrected chi connectivity index (χ4v) is 4.74. The summed E-state index contributed by atoms with van der Waals surface area (Å²) in [5.41, 5.74) is 12.2. The van der Waals surface area contributed by atoms with E-state index in [1.54, 1.807) is 23.9 Å². The molecule has 0 bridgehead atoms. The zero-order valence-corrected chi connectivity index (χ0v) is 22.0. The molecular weight excluding hydrogens is 498 g/mol. The number of nitrogens with two attached hydrogens (primary N) is 2. The van der Waals surface area contributed by atoms with Crippen molar-refractivity contribution in [2.75, 3.05) is 25.1 Å². The molecule has 1 aliphatic rings. The zero-order valence-electron chi connectivity index (χ0n) is 21.2. The fraction of sp³-hybridized carbons (Fsp3) is 0.600. The van der Waals surface area contributed by atoms with E-state index >= 15 is 0 Å². The van der Waals surface area contributed by atoms with Crippen molar-refractivity contribution in [3.05, 3.63) is 29.8 Å². The number of thioether (sulfide) groups is 1. The first-order valence-corrected chi connectivity index (χ1v) is 13.9. The van der Waals surface area contributed by atoms with Crippen LogP contribution < -0.4 is 22.1 Å². The summed E-state index contributed by atoms with van der Waals surface area (Å²) in [6, 6.07) is 2.39. The van der Waals surface area contributed by atoms with Gasteiger partial charge in [-0.15, -0.1) is 0 Å². The van der Waals surface area contributed by atoms with Gasteiger partial charge in [0, 0.05) is 13.0 Å². The van der Waals surface area contributed by atoms with E-state index in [1.807, 2.05) is 6.26 Å². The highest BCUT2D eigenvalue weighted by molar-refractivity contribution is 7.98. The lowest BCUT2D eigenvalue weighted by Crippen LogP contribution is -2.56. The summed E-state index contributed by atoms with van der Waals surface area (Å²) in [5.74, 6) is -1.80. The summed E-state index contributed by atoms with van der Waals surface area (Å²) >= 11 is 1.59. The quantitative estimate of drug-likeness (QED) is 0.170. The standard InChI is InChI=1S/C25H39N5O6S/c1-37-14-11-18(27)24(34)30-13-4-6-21(30)23(33)28-19(5-2-3-12-26)22(32)29-20(25(35)36)15-16-7-9-17(31)10-8-16/h7-10,18-21,31H,2-6,11-15,26-27H2,1H3,(H,28,33)(H,29,32)(H,35,36). The predicted molar refractivity (Wildman–Crippen MR) is 142 cm³/mol. The molecule has 11 nitrogen and oxygen atoms in total. The highest BCUT2D eigenvalue weighted by atomic mass is 32.2. The minimum atomic E-state index is -1.23. The summed E-state index contributed by atoms with van der Waals surface area (Å²) in [5, 5.41) is 24.4. The Morgan fingerprint density at radius 2 is 1.81 bits per heavy atom. The molecule has 1 aliphatic heterocycles. The summed E-state index contributed by atoms with van der Waals surface area (Å²) in [6.45, 7) is 0.835. The predicted octanol–water partition coefficient (Wildman–Crippen LogP) is 0.189. The van der Waals surface area contributed by atoms with Crippen LogP contribution in [0.5, 0.6) is 5.75 Å². The first-order chi connectivity index (χ1) is 17.7. The van der Waals surface area contributed by atoms with E-state index < -0.39 is 42.0 Å². The molecule has 8 N–H and O–H groups in total. The Hall–Kier alpha value is -2.83. The summed E-state index contributed by atoms with van der Waals surface area (Å²) in [4.78, 5) is 52.5. The maximum Gasteiger partial charge on any atom is 0.326 e. The van der Waals surface area contributed by atoms with Gasteiger partial charge in [-0.25, -0.2) is 4.79 Å². The molecule has 0 radical (unpaired) electrons. The van der Waals surface area contributed by atoms with Crippen molar-refractivity contribution in [3.8, 4) is 5.75 Å². The minimum Gasteiger partial charge on any atom is -0.508 e. The number of hydrogen-bond donors (Lipinski definition) is 6. The number of amides is 3. The summed E-state index contributed by atoms with van der Waals surface area (Å²) < 4.78 is 0. The second kappa shape index (κ2) is 15.4. The Morgan fingerprint density at radius 1 is 1.11 bits per heavy atom. The number of aliphatic carboxylic acids is 1. The number of likely N-dealkylation sites (tertiary alicyclic amines) is 1. The van der Waals surface area contributed by atoms with Crippen LogP contribution >= 0.6 is 11.8 Å². The lowest BCUT2D eigenvalue weighted by Gasteiger charge is -2.28. The topological polar surface area (TPSA) is 188 Å². The number of carboxylic acids is 1. The van der Waals surface area contributed by atoms with Gasteiger partial charge in [0.1, 0.15) is 23.9 Å². The molecule has 206 valence electrons. The van der Waals surface area contributed by atoms with Crippen LogP contribution in [0.15, 0.2) is 24.3 Å². The molecule has 1 aromatic rings. The van der Waals surface area contributed by atoms with Gasteiger partial charge in [0.25, 0.3) is 0 Å². The number of phenols is 1. The van der Waals surface area contributed by atoms with Crippen molar-refractivity contribution in [1.29, 1.82) is 0 Å². The van der Waals surface area contributed by atoms with Crippen LogP contribution in [-0.2, 0) is 25.6 Å². The number of carbonyl (C=O) groups is 4. The van der Waals surface area contributed by atoms with E-state index in [9.17, 15) is 29.4 Å². The largest absolute Gasteiger partial charge is 0.508 e. The monoisotopic (exact) mass is 537 g/mol. The molecule has 0 spiro atoms. The molecule has 12 heteroatoms. The third-order valence-electron chi connectivity index (χ3n) is 6.36. The number of benzene rings is 1. The molecule has 0 aromatic heterocycles. The first-order valence-electron chi connectivity index (χ1n) is 12.5. The van der Waals surface area contributed by atoms with Crippen LogP contribution in [-0.4, -0.2) is 88.1 Å². The van der Waals surface area contributed by atoms with Gasteiger partial charge in [-0.2, -0.15) is 11.8 Å². The van der Waals surface area contributed by atoms with Gasteiger partial charge >= 0.3 is 5.97 Å². The van der Waals surface area contributed by atoms with Crippen molar-refractivity contribution in [2.45, 2.75) is 69.1 Å². The van der Waals surface area contributed by atoms with Crippen molar-refractivity contribution in [2.24, 2.45) is 11.5 Å². The van der Waals surface area contributed by atoms with Gasteiger partial charge < -0.3 is 37.2 Å². The highest BCUT2D eigenvalue weighted by Crippen LogP contribution is 2.20. The molecule has 0 saturated carbocycles. The number of nitrogens with zero attached hydrogens (tertiary/aromatic N) is 1. The van der Waals surface area contributed by atoms with E-state index in [4.69, 9.17) is 11.5 Å².